The number of fused-ring (bicyclic) bond motifs is 2. The SMILES string of the molecule is Cc1ccc(NS(C)(=O)=O)c(C(=O)N2CCCC[C@H]2c2cc3nc(N4C[C@@H]5CCN[C@@H]5C4)c(C)cn3n2)c1. The number of aromatic nitrogens is 3. The molecule has 0 radical (unpaired) electrons. The molecule has 10 nitrogen and oxygen atoms in total. The summed E-state index contributed by atoms with van der Waals surface area (Å²) in [4.78, 5) is 23.1. The third-order valence-corrected chi connectivity index (χ3v) is 8.68. The van der Waals surface area contributed by atoms with Crippen molar-refractivity contribution in [2.24, 2.45) is 5.92 Å². The Labute approximate surface area is 223 Å². The number of piperidine rings is 1. The summed E-state index contributed by atoms with van der Waals surface area (Å²) in [6.45, 7) is 7.66. The molecule has 1 amide bonds. The second-order valence-corrected chi connectivity index (χ2v) is 12.8. The van der Waals surface area contributed by atoms with Gasteiger partial charge >= 0.3 is 0 Å². The topological polar surface area (TPSA) is 112 Å². The molecule has 0 unspecified atom stereocenters. The van der Waals surface area contributed by atoms with Gasteiger partial charge in [0.15, 0.2) is 5.65 Å². The molecule has 0 bridgehead atoms. The molecule has 0 saturated carbocycles. The van der Waals surface area contributed by atoms with Gasteiger partial charge in [-0.1, -0.05) is 11.6 Å². The van der Waals surface area contributed by atoms with Crippen molar-refractivity contribution in [1.29, 1.82) is 0 Å². The minimum absolute atomic E-state index is 0.192. The van der Waals surface area contributed by atoms with Gasteiger partial charge in [-0.3, -0.25) is 9.52 Å². The number of aryl methyl sites for hydroxylation is 2. The lowest BCUT2D eigenvalue weighted by atomic mass is 9.97. The van der Waals surface area contributed by atoms with Crippen molar-refractivity contribution in [3.8, 4) is 0 Å². The summed E-state index contributed by atoms with van der Waals surface area (Å²) in [5.74, 6) is 1.49. The number of hydrogen-bond acceptors (Lipinski definition) is 7. The van der Waals surface area contributed by atoms with Crippen LogP contribution in [0.3, 0.4) is 0 Å². The molecule has 0 spiro atoms. The maximum absolute atomic E-state index is 13.9. The van der Waals surface area contributed by atoms with Crippen LogP contribution in [0.15, 0.2) is 30.5 Å². The number of carbonyl (C=O) groups is 1. The van der Waals surface area contributed by atoms with Crippen molar-refractivity contribution >= 4 is 33.1 Å². The van der Waals surface area contributed by atoms with Gasteiger partial charge in [-0.2, -0.15) is 5.10 Å². The molecule has 6 rings (SSSR count). The molecule has 11 heteroatoms. The van der Waals surface area contributed by atoms with Crippen LogP contribution in [0.25, 0.3) is 5.65 Å². The van der Waals surface area contributed by atoms with Crippen LogP contribution in [0.5, 0.6) is 0 Å². The monoisotopic (exact) mass is 537 g/mol. The Kier molecular flexibility index (Phi) is 6.30. The van der Waals surface area contributed by atoms with Gasteiger partial charge < -0.3 is 15.1 Å². The molecule has 3 aromatic rings. The summed E-state index contributed by atoms with van der Waals surface area (Å²) in [6.07, 6.45) is 7.02. The fourth-order valence-electron chi connectivity index (χ4n) is 6.28. The van der Waals surface area contributed by atoms with Crippen molar-refractivity contribution in [2.75, 3.05) is 42.1 Å². The first-order chi connectivity index (χ1) is 18.2. The highest BCUT2D eigenvalue weighted by Crippen LogP contribution is 2.35. The largest absolute Gasteiger partial charge is 0.354 e. The molecule has 2 N–H and O–H groups in total. The fraction of sp³-hybridized carbons (Fsp3) is 0.519. The third-order valence-electron chi connectivity index (χ3n) is 8.09. The Morgan fingerprint density at radius 3 is 2.76 bits per heavy atom. The molecule has 5 heterocycles. The molecular weight excluding hydrogens is 502 g/mol. The van der Waals surface area contributed by atoms with E-state index < -0.39 is 10.0 Å². The van der Waals surface area contributed by atoms with E-state index in [1.54, 1.807) is 18.2 Å². The second-order valence-electron chi connectivity index (χ2n) is 11.1. The first-order valence-corrected chi connectivity index (χ1v) is 15.3. The maximum atomic E-state index is 13.9. The van der Waals surface area contributed by atoms with E-state index in [2.05, 4.69) is 21.9 Å². The number of likely N-dealkylation sites (tertiary alicyclic amines) is 1. The van der Waals surface area contributed by atoms with Crippen LogP contribution in [-0.4, -0.2) is 72.3 Å². The molecule has 202 valence electrons. The van der Waals surface area contributed by atoms with E-state index in [4.69, 9.17) is 10.1 Å². The van der Waals surface area contributed by atoms with Gasteiger partial charge in [0.2, 0.25) is 10.0 Å². The van der Waals surface area contributed by atoms with Gasteiger partial charge in [0, 0.05) is 43.5 Å². The van der Waals surface area contributed by atoms with Crippen LogP contribution in [0, 0.1) is 19.8 Å². The number of benzene rings is 1. The minimum Gasteiger partial charge on any atom is -0.354 e. The van der Waals surface area contributed by atoms with Gasteiger partial charge in [-0.05, 0) is 64.1 Å². The third kappa shape index (κ3) is 4.73. The number of hydrogen-bond donors (Lipinski definition) is 2. The highest BCUT2D eigenvalue weighted by Gasteiger charge is 2.37. The Morgan fingerprint density at radius 1 is 1.13 bits per heavy atom. The summed E-state index contributed by atoms with van der Waals surface area (Å²) < 4.78 is 28.3. The van der Waals surface area contributed by atoms with Gasteiger partial charge in [0.05, 0.1) is 29.2 Å². The standard InChI is InChI=1S/C27H35N7O3S/c1-17-7-8-21(31-38(3,36)37)20(12-17)27(35)33-11-5-4-6-24(33)22-13-25-29-26(18(2)14-34(25)30-22)32-15-19-9-10-28-23(19)16-32/h7-8,12-14,19,23-24,28,31H,4-6,9-11,15-16H2,1-3H3/t19-,23+,24-/m0/s1. The smallest absolute Gasteiger partial charge is 0.256 e. The summed E-state index contributed by atoms with van der Waals surface area (Å²) in [7, 11) is -3.53. The van der Waals surface area contributed by atoms with Crippen LogP contribution in [0.4, 0.5) is 11.5 Å². The number of sulfonamides is 1. The number of nitrogens with zero attached hydrogens (tertiary/aromatic N) is 5. The number of anilines is 2. The Bertz CT molecular complexity index is 1490. The summed E-state index contributed by atoms with van der Waals surface area (Å²) in [5.41, 5.74) is 4.22. The van der Waals surface area contributed by atoms with Gasteiger partial charge in [-0.15, -0.1) is 0 Å². The molecule has 3 fully saturated rings. The fourth-order valence-corrected chi connectivity index (χ4v) is 6.86. The number of amides is 1. The van der Waals surface area contributed by atoms with Gasteiger partial charge in [0.25, 0.3) is 5.91 Å². The van der Waals surface area contributed by atoms with E-state index in [0.717, 1.165) is 73.4 Å². The molecule has 3 atom stereocenters. The summed E-state index contributed by atoms with van der Waals surface area (Å²) >= 11 is 0. The summed E-state index contributed by atoms with van der Waals surface area (Å²) in [6, 6.07) is 7.55. The zero-order valence-electron chi connectivity index (χ0n) is 22.1. The minimum atomic E-state index is -3.53. The zero-order valence-corrected chi connectivity index (χ0v) is 23.0. The second kappa shape index (κ2) is 9.53. The molecule has 3 aliphatic heterocycles. The predicted octanol–water partition coefficient (Wildman–Crippen LogP) is 2.88. The van der Waals surface area contributed by atoms with Gasteiger partial charge in [-0.25, -0.2) is 17.9 Å². The highest BCUT2D eigenvalue weighted by atomic mass is 32.2. The van der Waals surface area contributed by atoms with Crippen LogP contribution in [-0.2, 0) is 10.0 Å². The molecule has 3 saturated heterocycles. The Hall–Kier alpha value is -3.18. The highest BCUT2D eigenvalue weighted by molar-refractivity contribution is 7.92. The van der Waals surface area contributed by atoms with E-state index in [-0.39, 0.29) is 11.9 Å². The molecule has 3 aliphatic rings. The number of carbonyl (C=O) groups excluding carboxylic acids is 1. The molecule has 38 heavy (non-hydrogen) atoms. The number of nitrogens with one attached hydrogen (secondary N) is 2. The van der Waals surface area contributed by atoms with E-state index in [1.165, 1.54) is 6.42 Å². The quantitative estimate of drug-likeness (QED) is 0.515. The van der Waals surface area contributed by atoms with Crippen molar-refractivity contribution in [3.63, 3.8) is 0 Å². The molecule has 0 aliphatic carbocycles. The molecule has 2 aromatic heterocycles. The number of rotatable bonds is 5. The predicted molar refractivity (Wildman–Crippen MR) is 147 cm³/mol. The van der Waals surface area contributed by atoms with Crippen molar-refractivity contribution in [2.45, 2.75) is 51.6 Å². The van der Waals surface area contributed by atoms with Crippen molar-refractivity contribution < 1.29 is 13.2 Å². The zero-order chi connectivity index (χ0) is 26.6. The van der Waals surface area contributed by atoms with Crippen LogP contribution >= 0.6 is 0 Å². The lowest BCUT2D eigenvalue weighted by Crippen LogP contribution is -2.39. The normalized spacial score (nSPS) is 23.7. The lowest BCUT2D eigenvalue weighted by Gasteiger charge is -2.35. The lowest BCUT2D eigenvalue weighted by molar-refractivity contribution is 0.0606. The van der Waals surface area contributed by atoms with E-state index in [0.29, 0.717) is 29.8 Å². The van der Waals surface area contributed by atoms with Crippen molar-refractivity contribution in [1.82, 2.24) is 24.8 Å². The molecule has 1 aromatic carbocycles. The van der Waals surface area contributed by atoms with E-state index in [9.17, 15) is 13.2 Å². The summed E-state index contributed by atoms with van der Waals surface area (Å²) in [5, 5.41) is 8.47. The Balaban J connectivity index is 1.31. The first-order valence-electron chi connectivity index (χ1n) is 13.4. The maximum Gasteiger partial charge on any atom is 0.256 e. The van der Waals surface area contributed by atoms with Crippen LogP contribution in [0.1, 0.15) is 58.9 Å². The van der Waals surface area contributed by atoms with Crippen LogP contribution in [0.2, 0.25) is 0 Å². The van der Waals surface area contributed by atoms with Crippen molar-refractivity contribution in [3.05, 3.63) is 52.8 Å². The average molecular weight is 538 g/mol. The average Bonchev–Trinajstić information content (AvgIpc) is 3.58. The van der Waals surface area contributed by atoms with Crippen LogP contribution < -0.4 is 14.9 Å². The van der Waals surface area contributed by atoms with E-state index >= 15 is 0 Å². The first kappa shape index (κ1) is 25.1. The molecular formula is C27H35N7O3S. The Morgan fingerprint density at radius 2 is 1.97 bits per heavy atom. The van der Waals surface area contributed by atoms with Gasteiger partial charge in [0.1, 0.15) is 5.82 Å². The van der Waals surface area contributed by atoms with E-state index in [1.807, 2.05) is 28.6 Å².